The minimum Gasteiger partial charge on any atom is -0.496 e. The third-order valence-electron chi connectivity index (χ3n) is 6.42. The predicted molar refractivity (Wildman–Crippen MR) is 105 cm³/mol. The molecule has 6 nitrogen and oxygen atoms in total. The van der Waals surface area contributed by atoms with E-state index in [-0.39, 0.29) is 19.0 Å². The maximum Gasteiger partial charge on any atom is 0.231 e. The van der Waals surface area contributed by atoms with Crippen LogP contribution in [0, 0.1) is 6.92 Å². The van der Waals surface area contributed by atoms with E-state index in [1.807, 2.05) is 43.3 Å². The van der Waals surface area contributed by atoms with Crippen LogP contribution in [0.15, 0.2) is 36.4 Å². The first-order valence-electron chi connectivity index (χ1n) is 9.87. The average Bonchev–Trinajstić information content (AvgIpc) is 3.41. The molecule has 3 atom stereocenters. The monoisotopic (exact) mass is 391 g/mol. The number of rotatable bonds is 2. The zero-order valence-corrected chi connectivity index (χ0v) is 16.3. The van der Waals surface area contributed by atoms with Crippen LogP contribution in [0.4, 0.5) is 0 Å². The fourth-order valence-corrected chi connectivity index (χ4v) is 5.18. The number of aryl methyl sites for hydroxylation is 1. The van der Waals surface area contributed by atoms with Gasteiger partial charge in [-0.1, -0.05) is 24.3 Å². The third-order valence-corrected chi connectivity index (χ3v) is 6.42. The average molecular weight is 391 g/mol. The van der Waals surface area contributed by atoms with Crippen LogP contribution in [-0.4, -0.2) is 30.1 Å². The van der Waals surface area contributed by atoms with E-state index in [0.717, 1.165) is 40.6 Å². The third kappa shape index (κ3) is 2.10. The molecule has 3 aromatic rings. The van der Waals surface area contributed by atoms with Gasteiger partial charge in [-0.15, -0.1) is 0 Å². The molecule has 1 saturated heterocycles. The lowest BCUT2D eigenvalue weighted by molar-refractivity contribution is -0.102. The predicted octanol–water partition coefficient (Wildman–Crippen LogP) is 3.75. The fourth-order valence-electron chi connectivity index (χ4n) is 5.18. The Balaban J connectivity index is 1.71. The molecule has 0 saturated carbocycles. The number of hydrogen-bond acceptors (Lipinski definition) is 6. The van der Waals surface area contributed by atoms with Crippen molar-refractivity contribution >= 4 is 10.9 Å². The molecule has 4 heterocycles. The maximum absolute atomic E-state index is 12.2. The van der Waals surface area contributed by atoms with E-state index in [9.17, 15) is 5.11 Å². The Labute approximate surface area is 168 Å². The van der Waals surface area contributed by atoms with Gasteiger partial charge in [-0.2, -0.15) is 0 Å². The van der Waals surface area contributed by atoms with E-state index < -0.39 is 5.60 Å². The summed E-state index contributed by atoms with van der Waals surface area (Å²) in [5.74, 6) is 2.01. The van der Waals surface area contributed by atoms with Crippen molar-refractivity contribution in [2.24, 2.45) is 0 Å². The van der Waals surface area contributed by atoms with Gasteiger partial charge in [-0.05, 0) is 37.5 Å². The van der Waals surface area contributed by atoms with Gasteiger partial charge < -0.3 is 24.1 Å². The summed E-state index contributed by atoms with van der Waals surface area (Å²) < 4.78 is 23.5. The van der Waals surface area contributed by atoms with Crippen molar-refractivity contribution in [2.75, 3.05) is 13.9 Å². The summed E-state index contributed by atoms with van der Waals surface area (Å²) in [6.45, 7) is 2.09. The van der Waals surface area contributed by atoms with Crippen LogP contribution < -0.4 is 14.2 Å². The molecule has 0 unspecified atom stereocenters. The van der Waals surface area contributed by atoms with Crippen LogP contribution in [0.25, 0.3) is 10.9 Å². The van der Waals surface area contributed by atoms with Crippen molar-refractivity contribution in [2.45, 2.75) is 37.6 Å². The summed E-state index contributed by atoms with van der Waals surface area (Å²) in [5, 5.41) is 13.0. The van der Waals surface area contributed by atoms with Crippen molar-refractivity contribution in [3.05, 3.63) is 58.8 Å². The van der Waals surface area contributed by atoms with Crippen molar-refractivity contribution < 1.29 is 24.1 Å². The normalized spacial score (nSPS) is 26.6. The fraction of sp³-hybridized carbons (Fsp3) is 0.348. The van der Waals surface area contributed by atoms with Crippen molar-refractivity contribution in [1.29, 1.82) is 0 Å². The zero-order valence-electron chi connectivity index (χ0n) is 16.3. The highest BCUT2D eigenvalue weighted by atomic mass is 16.7. The SMILES string of the molecule is COc1ccccc1[C@@]1(O)c2ccc3nc(C)c4c(c3c2[C@@H]2CC[C@H]1O2)OCO4. The molecule has 3 aliphatic rings. The van der Waals surface area contributed by atoms with E-state index in [1.54, 1.807) is 7.11 Å². The first-order chi connectivity index (χ1) is 14.1. The summed E-state index contributed by atoms with van der Waals surface area (Å²) >= 11 is 0. The lowest BCUT2D eigenvalue weighted by Gasteiger charge is -2.41. The number of hydrogen-bond donors (Lipinski definition) is 1. The number of aliphatic hydroxyl groups is 1. The quantitative estimate of drug-likeness (QED) is 0.718. The van der Waals surface area contributed by atoms with E-state index >= 15 is 0 Å². The van der Waals surface area contributed by atoms with Crippen LogP contribution in [0.1, 0.15) is 41.3 Å². The van der Waals surface area contributed by atoms with Gasteiger partial charge in [0, 0.05) is 11.1 Å². The van der Waals surface area contributed by atoms with Crippen LogP contribution >= 0.6 is 0 Å². The van der Waals surface area contributed by atoms with Crippen molar-refractivity contribution in [1.82, 2.24) is 4.98 Å². The van der Waals surface area contributed by atoms with Crippen LogP contribution in [0.5, 0.6) is 17.2 Å². The largest absolute Gasteiger partial charge is 0.496 e. The minimum atomic E-state index is -1.32. The van der Waals surface area contributed by atoms with Crippen LogP contribution in [0.3, 0.4) is 0 Å². The molecule has 2 bridgehead atoms. The molecule has 2 aromatic carbocycles. The first kappa shape index (κ1) is 17.1. The topological polar surface area (TPSA) is 70.0 Å². The summed E-state index contributed by atoms with van der Waals surface area (Å²) in [7, 11) is 1.62. The van der Waals surface area contributed by atoms with Gasteiger partial charge in [0.2, 0.25) is 6.79 Å². The Kier molecular flexibility index (Phi) is 3.44. The minimum absolute atomic E-state index is 0.105. The Morgan fingerprint density at radius 1 is 1.07 bits per heavy atom. The Hall–Kier alpha value is -2.83. The highest BCUT2D eigenvalue weighted by molar-refractivity contribution is 5.93. The number of benzene rings is 2. The van der Waals surface area contributed by atoms with E-state index in [2.05, 4.69) is 0 Å². The molecule has 0 spiro atoms. The molecule has 1 N–H and O–H groups in total. The molecule has 0 radical (unpaired) electrons. The molecule has 29 heavy (non-hydrogen) atoms. The molecule has 6 heteroatoms. The highest BCUT2D eigenvalue weighted by Crippen LogP contribution is 2.57. The van der Waals surface area contributed by atoms with Gasteiger partial charge in [0.05, 0.1) is 35.9 Å². The molecular weight excluding hydrogens is 370 g/mol. The lowest BCUT2D eigenvalue weighted by Crippen LogP contribution is -2.44. The summed E-state index contributed by atoms with van der Waals surface area (Å²) in [6, 6.07) is 11.5. The standard InChI is InChI=1S/C23H21NO5/c1-12-21-22(28-11-27-21)20-15(24-12)8-7-14-19(20)17-9-10-18(29-17)23(14,25)13-5-3-4-6-16(13)26-2/h3-8,17-18,25H,9-11H2,1-2H3/t17-,18+,23+/m0/s1. The molecule has 3 aliphatic heterocycles. The highest BCUT2D eigenvalue weighted by Gasteiger charge is 2.53. The lowest BCUT2D eigenvalue weighted by atomic mass is 9.77. The summed E-state index contributed by atoms with van der Waals surface area (Å²) in [4.78, 5) is 4.73. The van der Waals surface area contributed by atoms with Crippen molar-refractivity contribution in [3.63, 3.8) is 0 Å². The molecule has 1 aromatic heterocycles. The first-order valence-corrected chi connectivity index (χ1v) is 9.87. The number of fused-ring (bicyclic) bond motifs is 8. The number of nitrogens with zero attached hydrogens (tertiary/aromatic N) is 1. The Bertz CT molecular complexity index is 1160. The Morgan fingerprint density at radius 2 is 1.90 bits per heavy atom. The summed E-state index contributed by atoms with van der Waals surface area (Å²) in [6.07, 6.45) is 1.15. The Morgan fingerprint density at radius 3 is 2.76 bits per heavy atom. The maximum atomic E-state index is 12.2. The number of aromatic nitrogens is 1. The van der Waals surface area contributed by atoms with Crippen LogP contribution in [-0.2, 0) is 10.3 Å². The van der Waals surface area contributed by atoms with Gasteiger partial charge in [0.25, 0.3) is 0 Å². The number of para-hydroxylation sites is 1. The number of pyridine rings is 1. The zero-order chi connectivity index (χ0) is 19.8. The van der Waals surface area contributed by atoms with E-state index in [0.29, 0.717) is 22.8 Å². The second-order valence-corrected chi connectivity index (χ2v) is 7.84. The molecule has 0 aliphatic carbocycles. The van der Waals surface area contributed by atoms with E-state index in [4.69, 9.17) is 23.9 Å². The summed E-state index contributed by atoms with van der Waals surface area (Å²) in [5.41, 5.74) is 2.78. The van der Waals surface area contributed by atoms with Gasteiger partial charge in [0.15, 0.2) is 11.5 Å². The van der Waals surface area contributed by atoms with Gasteiger partial charge in [0.1, 0.15) is 11.4 Å². The smallest absolute Gasteiger partial charge is 0.231 e. The van der Waals surface area contributed by atoms with E-state index in [1.165, 1.54) is 0 Å². The number of methoxy groups -OCH3 is 1. The molecular formula is C23H21NO5. The second-order valence-electron chi connectivity index (χ2n) is 7.84. The molecule has 1 fully saturated rings. The van der Waals surface area contributed by atoms with Crippen molar-refractivity contribution in [3.8, 4) is 17.2 Å². The molecule has 0 amide bonds. The number of ether oxygens (including phenoxy) is 4. The second kappa shape index (κ2) is 5.84. The molecule has 148 valence electrons. The van der Waals surface area contributed by atoms with Gasteiger partial charge in [-0.25, -0.2) is 4.98 Å². The van der Waals surface area contributed by atoms with Crippen LogP contribution in [0.2, 0.25) is 0 Å². The van der Waals surface area contributed by atoms with Gasteiger partial charge >= 0.3 is 0 Å². The molecule has 6 rings (SSSR count). The van der Waals surface area contributed by atoms with Gasteiger partial charge in [-0.3, -0.25) is 0 Å².